The number of carbonyl (C=O) groups is 2. The normalized spacial score (nSPS) is 32.7. The zero-order valence-electron chi connectivity index (χ0n) is 28.0. The Morgan fingerprint density at radius 1 is 1.07 bits per heavy atom. The summed E-state index contributed by atoms with van der Waals surface area (Å²) >= 11 is 0. The Morgan fingerprint density at radius 2 is 1.70 bits per heavy atom. The summed E-state index contributed by atoms with van der Waals surface area (Å²) in [6.07, 6.45) is 8.65. The maximum absolute atomic E-state index is 13.4. The molecule has 0 aromatic carbocycles. The second-order valence-corrected chi connectivity index (χ2v) is 12.6. The standard InChI is InChI=1S/C35H56O8/c1-20(2)31(37)23(5)15-16-28(36)26(8)33(39)27(9)34-29(41-10)14-12-13-21(3)17-24(6)32(38)25(7)18-22(4)19-30(42-11)35(40)43-34/h12-16,18-20,23-27,29,31-34,37-39H,17H2,1-11H3/b14-12+,16-15+,21-13+,22-18+,30-19-/t23-,24+,25+,26-,27+,29+,31+,32+,33+,34-/m0/s1. The summed E-state index contributed by atoms with van der Waals surface area (Å²) in [6.45, 7) is 16.7. The number of aliphatic hydroxyl groups excluding tert-OH is 3. The maximum Gasteiger partial charge on any atom is 0.373 e. The van der Waals surface area contributed by atoms with E-state index in [9.17, 15) is 24.9 Å². The van der Waals surface area contributed by atoms with Crippen molar-refractivity contribution in [2.24, 2.45) is 35.5 Å². The van der Waals surface area contributed by atoms with E-state index in [2.05, 4.69) is 0 Å². The van der Waals surface area contributed by atoms with E-state index in [1.807, 2.05) is 66.7 Å². The van der Waals surface area contributed by atoms with Crippen LogP contribution in [0.15, 0.2) is 59.4 Å². The Hall–Kier alpha value is -2.52. The number of methoxy groups -OCH3 is 2. The Bertz CT molecular complexity index is 1050. The molecule has 0 radical (unpaired) electrons. The van der Waals surface area contributed by atoms with Crippen molar-refractivity contribution in [1.29, 1.82) is 0 Å². The monoisotopic (exact) mass is 604 g/mol. The third-order valence-corrected chi connectivity index (χ3v) is 8.40. The van der Waals surface area contributed by atoms with Crippen LogP contribution in [-0.2, 0) is 23.8 Å². The van der Waals surface area contributed by atoms with Gasteiger partial charge in [0.2, 0.25) is 5.76 Å². The Morgan fingerprint density at radius 3 is 2.26 bits per heavy atom. The number of allylic oxidation sites excluding steroid dienone is 6. The Balaban J connectivity index is 3.46. The highest BCUT2D eigenvalue weighted by Crippen LogP contribution is 2.27. The molecule has 0 aromatic rings. The fraction of sp³-hybridized carbons (Fsp3) is 0.657. The number of rotatable bonds is 10. The molecule has 8 heteroatoms. The highest BCUT2D eigenvalue weighted by molar-refractivity contribution is 5.92. The minimum absolute atomic E-state index is 0.00159. The topological polar surface area (TPSA) is 123 Å². The van der Waals surface area contributed by atoms with Crippen LogP contribution in [0.1, 0.15) is 68.7 Å². The number of hydrogen-bond donors (Lipinski definition) is 3. The Kier molecular flexibility index (Phi) is 16.4. The zero-order valence-corrected chi connectivity index (χ0v) is 28.0. The fourth-order valence-electron chi connectivity index (χ4n) is 5.43. The number of aliphatic hydroxyl groups is 3. The molecule has 0 spiro atoms. The van der Waals surface area contributed by atoms with Gasteiger partial charge in [0.15, 0.2) is 5.78 Å². The summed E-state index contributed by atoms with van der Waals surface area (Å²) in [4.78, 5) is 26.4. The smallest absolute Gasteiger partial charge is 0.373 e. The zero-order chi connectivity index (χ0) is 33.0. The molecule has 10 atom stereocenters. The van der Waals surface area contributed by atoms with E-state index >= 15 is 0 Å². The number of cyclic esters (lactones) is 1. The van der Waals surface area contributed by atoms with Crippen LogP contribution in [0.25, 0.3) is 0 Å². The first-order valence-electron chi connectivity index (χ1n) is 15.3. The van der Waals surface area contributed by atoms with Crippen molar-refractivity contribution in [3.63, 3.8) is 0 Å². The van der Waals surface area contributed by atoms with Crippen molar-refractivity contribution in [2.45, 2.75) is 99.3 Å². The summed E-state index contributed by atoms with van der Waals surface area (Å²) < 4.78 is 17.0. The van der Waals surface area contributed by atoms with Crippen LogP contribution < -0.4 is 0 Å². The molecule has 0 fully saturated rings. The Labute approximate surface area is 259 Å². The third-order valence-electron chi connectivity index (χ3n) is 8.40. The highest BCUT2D eigenvalue weighted by atomic mass is 16.6. The van der Waals surface area contributed by atoms with Gasteiger partial charge in [-0.3, -0.25) is 4.79 Å². The van der Waals surface area contributed by atoms with Crippen LogP contribution in [0.5, 0.6) is 0 Å². The predicted octanol–water partition coefficient (Wildman–Crippen LogP) is 5.34. The average Bonchev–Trinajstić information content (AvgIpc) is 2.96. The van der Waals surface area contributed by atoms with Crippen molar-refractivity contribution < 1.29 is 39.1 Å². The minimum atomic E-state index is -1.17. The van der Waals surface area contributed by atoms with Crippen LogP contribution in [-0.4, -0.2) is 71.8 Å². The van der Waals surface area contributed by atoms with Gasteiger partial charge in [-0.2, -0.15) is 0 Å². The molecule has 0 aromatic heterocycles. The fourth-order valence-corrected chi connectivity index (χ4v) is 5.43. The van der Waals surface area contributed by atoms with Gasteiger partial charge in [-0.1, -0.05) is 90.0 Å². The molecule has 0 unspecified atom stereocenters. The number of carbonyl (C=O) groups excluding carboxylic acids is 2. The summed E-state index contributed by atoms with van der Waals surface area (Å²) in [7, 11) is 2.86. The third kappa shape index (κ3) is 11.8. The predicted molar refractivity (Wildman–Crippen MR) is 170 cm³/mol. The maximum atomic E-state index is 13.4. The lowest BCUT2D eigenvalue weighted by atomic mass is 9.84. The van der Waals surface area contributed by atoms with Crippen LogP contribution >= 0.6 is 0 Å². The lowest BCUT2D eigenvalue weighted by Gasteiger charge is -2.33. The van der Waals surface area contributed by atoms with E-state index in [1.165, 1.54) is 20.3 Å². The van der Waals surface area contributed by atoms with Crippen LogP contribution in [0.4, 0.5) is 0 Å². The molecule has 244 valence electrons. The first-order valence-corrected chi connectivity index (χ1v) is 15.3. The van der Waals surface area contributed by atoms with Gasteiger partial charge in [-0.25, -0.2) is 4.79 Å². The average molecular weight is 605 g/mol. The van der Waals surface area contributed by atoms with Crippen molar-refractivity contribution in [2.75, 3.05) is 14.2 Å². The second-order valence-electron chi connectivity index (χ2n) is 12.6. The number of hydrogen-bond acceptors (Lipinski definition) is 8. The molecule has 0 saturated carbocycles. The summed E-state index contributed by atoms with van der Waals surface area (Å²) in [5, 5.41) is 32.5. The molecule has 0 saturated heterocycles. The van der Waals surface area contributed by atoms with Crippen molar-refractivity contribution in [3.05, 3.63) is 59.4 Å². The van der Waals surface area contributed by atoms with Crippen LogP contribution in [0.2, 0.25) is 0 Å². The lowest BCUT2D eigenvalue weighted by molar-refractivity contribution is -0.162. The van der Waals surface area contributed by atoms with Gasteiger partial charge in [0.25, 0.3) is 0 Å². The van der Waals surface area contributed by atoms with Gasteiger partial charge in [-0.05, 0) is 44.3 Å². The van der Waals surface area contributed by atoms with E-state index in [-0.39, 0.29) is 35.2 Å². The first kappa shape index (κ1) is 38.5. The molecular weight excluding hydrogens is 548 g/mol. The molecule has 0 amide bonds. The summed E-state index contributed by atoms with van der Waals surface area (Å²) in [5.41, 5.74) is 1.78. The van der Waals surface area contributed by atoms with Crippen LogP contribution in [0.3, 0.4) is 0 Å². The van der Waals surface area contributed by atoms with Gasteiger partial charge in [0, 0.05) is 30.8 Å². The molecule has 3 N–H and O–H groups in total. The van der Waals surface area contributed by atoms with Gasteiger partial charge in [0.05, 0.1) is 25.4 Å². The first-order chi connectivity index (χ1) is 20.0. The van der Waals surface area contributed by atoms with E-state index in [4.69, 9.17) is 14.2 Å². The van der Waals surface area contributed by atoms with Gasteiger partial charge in [0.1, 0.15) is 12.2 Å². The molecule has 43 heavy (non-hydrogen) atoms. The highest BCUT2D eigenvalue weighted by Gasteiger charge is 2.38. The number of ketones is 1. The van der Waals surface area contributed by atoms with Gasteiger partial charge < -0.3 is 29.5 Å². The molecule has 1 heterocycles. The van der Waals surface area contributed by atoms with E-state index in [0.717, 1.165) is 11.1 Å². The molecule has 0 aliphatic carbocycles. The summed E-state index contributed by atoms with van der Waals surface area (Å²) in [6, 6.07) is 0. The van der Waals surface area contributed by atoms with Crippen molar-refractivity contribution in [3.8, 4) is 0 Å². The van der Waals surface area contributed by atoms with Crippen LogP contribution in [0, 0.1) is 35.5 Å². The van der Waals surface area contributed by atoms with E-state index in [0.29, 0.717) is 6.42 Å². The molecule has 0 bridgehead atoms. The second kappa shape index (κ2) is 18.3. The molecule has 1 aliphatic heterocycles. The van der Waals surface area contributed by atoms with Gasteiger partial charge >= 0.3 is 5.97 Å². The number of ether oxygens (including phenoxy) is 3. The van der Waals surface area contributed by atoms with Crippen molar-refractivity contribution >= 4 is 11.8 Å². The SMILES string of the molecule is CO/C1=C\C(C)=C\[C@@H](C)[C@H](O)[C@H](C)C/C(C)=C/C=C/[C@@H](OC)[C@H]([C@H](C)[C@H](O)[C@@H](C)C(=O)/C=C/[C@H](C)[C@H](O)C(C)C)OC1=O. The largest absolute Gasteiger partial charge is 0.490 e. The van der Waals surface area contributed by atoms with E-state index in [1.54, 1.807) is 32.1 Å². The quantitative estimate of drug-likeness (QED) is 0.226. The number of esters is 1. The van der Waals surface area contributed by atoms with Gasteiger partial charge in [-0.15, -0.1) is 0 Å². The minimum Gasteiger partial charge on any atom is -0.490 e. The summed E-state index contributed by atoms with van der Waals surface area (Å²) in [5.74, 6) is -2.96. The molecular formula is C35H56O8. The lowest BCUT2D eigenvalue weighted by Crippen LogP contribution is -2.45. The van der Waals surface area contributed by atoms with E-state index < -0.39 is 48.3 Å². The van der Waals surface area contributed by atoms with Crippen molar-refractivity contribution in [1.82, 2.24) is 0 Å². The molecule has 1 rings (SSSR count). The molecule has 8 nitrogen and oxygen atoms in total. The molecule has 1 aliphatic rings.